The van der Waals surface area contributed by atoms with E-state index in [1.165, 1.54) is 22.3 Å². The molecule has 0 amide bonds. The highest BCUT2D eigenvalue weighted by Gasteiger charge is 1.94. The normalized spacial score (nSPS) is 11.5. The fourth-order valence-corrected chi connectivity index (χ4v) is 2.50. The average Bonchev–Trinajstić information content (AvgIpc) is 2.76. The van der Waals surface area contributed by atoms with Crippen molar-refractivity contribution in [2.24, 2.45) is 0 Å². The van der Waals surface area contributed by atoms with Gasteiger partial charge >= 0.3 is 0 Å². The minimum Gasteiger partial charge on any atom is -0.0990 e. The molecule has 0 N–H and O–H groups in total. The monoisotopic (exact) mass is 372 g/mol. The Hall–Kier alpha value is -2.86. The molecule has 0 saturated carbocycles. The Labute approximate surface area is 173 Å². The lowest BCUT2D eigenvalue weighted by Gasteiger charge is -2.00. The maximum Gasteiger partial charge on any atom is -0.0184 e. The molecule has 0 heterocycles. The predicted molar refractivity (Wildman–Crippen MR) is 130 cm³/mol. The van der Waals surface area contributed by atoms with Crippen LogP contribution in [0.2, 0.25) is 0 Å². The van der Waals surface area contributed by atoms with E-state index in [2.05, 4.69) is 74.2 Å². The molecule has 2 aromatic carbocycles. The van der Waals surface area contributed by atoms with Crippen LogP contribution in [0, 0.1) is 0 Å². The topological polar surface area (TPSA) is 0 Å². The maximum absolute atomic E-state index is 3.70. The smallest absolute Gasteiger partial charge is 0.0184 e. The first kappa shape index (κ1) is 25.1. The van der Waals surface area contributed by atoms with Gasteiger partial charge in [-0.05, 0) is 42.5 Å². The van der Waals surface area contributed by atoms with E-state index in [1.807, 2.05) is 70.2 Å². The molecule has 28 heavy (non-hydrogen) atoms. The van der Waals surface area contributed by atoms with Gasteiger partial charge in [0, 0.05) is 0 Å². The van der Waals surface area contributed by atoms with Crippen LogP contribution in [-0.4, -0.2) is 0 Å². The Morgan fingerprint density at radius 2 is 1.18 bits per heavy atom. The summed E-state index contributed by atoms with van der Waals surface area (Å²) in [7, 11) is 0. The zero-order valence-electron chi connectivity index (χ0n) is 18.2. The number of rotatable bonds is 6. The molecular formula is C28H36. The van der Waals surface area contributed by atoms with E-state index >= 15 is 0 Å². The number of benzene rings is 2. The zero-order valence-corrected chi connectivity index (χ0v) is 18.2. The van der Waals surface area contributed by atoms with Gasteiger partial charge < -0.3 is 0 Å². The van der Waals surface area contributed by atoms with Gasteiger partial charge in [0.2, 0.25) is 0 Å². The van der Waals surface area contributed by atoms with E-state index in [-0.39, 0.29) is 0 Å². The third kappa shape index (κ3) is 10.3. The molecule has 0 saturated heterocycles. The molecule has 0 bridgehead atoms. The number of allylic oxidation sites excluding steroid dienone is 9. The summed E-state index contributed by atoms with van der Waals surface area (Å²) in [5.74, 6) is 0. The van der Waals surface area contributed by atoms with Crippen molar-refractivity contribution in [1.82, 2.24) is 0 Å². The molecule has 0 aliphatic heterocycles. The number of hydrogen-bond acceptors (Lipinski definition) is 0. The molecule has 0 radical (unpaired) electrons. The molecule has 0 aliphatic rings. The van der Waals surface area contributed by atoms with Crippen LogP contribution in [0.4, 0.5) is 0 Å². The lowest BCUT2D eigenvalue weighted by molar-refractivity contribution is 1.23. The summed E-state index contributed by atoms with van der Waals surface area (Å²) in [6.07, 6.45) is 15.5. The van der Waals surface area contributed by atoms with Gasteiger partial charge in [-0.2, -0.15) is 0 Å². The molecule has 0 aromatic heterocycles. The van der Waals surface area contributed by atoms with E-state index in [1.54, 1.807) is 0 Å². The van der Waals surface area contributed by atoms with E-state index in [0.717, 1.165) is 6.42 Å². The van der Waals surface area contributed by atoms with Crippen molar-refractivity contribution in [3.63, 3.8) is 0 Å². The molecule has 0 atom stereocenters. The highest BCUT2D eigenvalue weighted by molar-refractivity contribution is 5.75. The van der Waals surface area contributed by atoms with Gasteiger partial charge in [-0.15, -0.1) is 0 Å². The van der Waals surface area contributed by atoms with Crippen LogP contribution in [-0.2, 0) is 0 Å². The average molecular weight is 373 g/mol. The van der Waals surface area contributed by atoms with E-state index in [0.29, 0.717) is 0 Å². The first-order chi connectivity index (χ1) is 13.8. The highest BCUT2D eigenvalue weighted by Crippen LogP contribution is 2.16. The molecule has 0 heteroatoms. The summed E-state index contributed by atoms with van der Waals surface area (Å²) in [5, 5.41) is 0. The molecule has 0 fully saturated rings. The molecule has 148 valence electrons. The fraction of sp³-hybridized carbons (Fsp3) is 0.214. The van der Waals surface area contributed by atoms with E-state index < -0.39 is 0 Å². The zero-order chi connectivity index (χ0) is 21.0. The minimum atomic E-state index is 1.08. The molecule has 0 spiro atoms. The van der Waals surface area contributed by atoms with Gasteiger partial charge in [0.1, 0.15) is 0 Å². The maximum atomic E-state index is 3.70. The molecule has 2 aromatic rings. The van der Waals surface area contributed by atoms with Gasteiger partial charge in [-0.1, -0.05) is 131 Å². The van der Waals surface area contributed by atoms with Gasteiger partial charge in [0.15, 0.2) is 0 Å². The Morgan fingerprint density at radius 1 is 0.750 bits per heavy atom. The second-order valence-corrected chi connectivity index (χ2v) is 5.66. The van der Waals surface area contributed by atoms with Crippen LogP contribution in [0.25, 0.3) is 11.1 Å². The largest absolute Gasteiger partial charge is 0.0990 e. The van der Waals surface area contributed by atoms with Crippen LogP contribution in [0.5, 0.6) is 0 Å². The SMILES string of the molecule is C/C=C\C(=C/CC)c1ccccc1.C=C/C=C(\C=C/C)c1ccccc1.CC. The summed E-state index contributed by atoms with van der Waals surface area (Å²) in [5.41, 5.74) is 5.02. The molecule has 2 rings (SSSR count). The van der Waals surface area contributed by atoms with Crippen LogP contribution in [0.3, 0.4) is 0 Å². The van der Waals surface area contributed by atoms with Crippen molar-refractivity contribution in [1.29, 1.82) is 0 Å². The summed E-state index contributed by atoms with van der Waals surface area (Å²) in [4.78, 5) is 0. The third-order valence-corrected chi connectivity index (χ3v) is 3.63. The van der Waals surface area contributed by atoms with Crippen molar-refractivity contribution < 1.29 is 0 Å². The second kappa shape index (κ2) is 17.5. The minimum absolute atomic E-state index is 1.08. The van der Waals surface area contributed by atoms with Gasteiger partial charge in [-0.3, -0.25) is 0 Å². The summed E-state index contributed by atoms with van der Waals surface area (Å²) < 4.78 is 0. The molecule has 0 unspecified atom stereocenters. The Kier molecular flexibility index (Phi) is 15.8. The van der Waals surface area contributed by atoms with Crippen LogP contribution >= 0.6 is 0 Å². The van der Waals surface area contributed by atoms with Crippen molar-refractivity contribution in [3.8, 4) is 0 Å². The van der Waals surface area contributed by atoms with Crippen molar-refractivity contribution in [2.45, 2.75) is 41.0 Å². The summed E-state index contributed by atoms with van der Waals surface area (Å²) in [6, 6.07) is 20.7. The van der Waals surface area contributed by atoms with Crippen molar-refractivity contribution in [2.75, 3.05) is 0 Å². The number of hydrogen-bond donors (Lipinski definition) is 0. The Bertz CT molecular complexity index is 741. The first-order valence-corrected chi connectivity index (χ1v) is 10.2. The van der Waals surface area contributed by atoms with Crippen LogP contribution in [0.15, 0.2) is 110 Å². The summed E-state index contributed by atoms with van der Waals surface area (Å²) >= 11 is 0. The first-order valence-electron chi connectivity index (χ1n) is 10.2. The second-order valence-electron chi connectivity index (χ2n) is 5.66. The fourth-order valence-electron chi connectivity index (χ4n) is 2.50. The van der Waals surface area contributed by atoms with Crippen LogP contribution < -0.4 is 0 Å². The predicted octanol–water partition coefficient (Wildman–Crippen LogP) is 8.91. The molecule has 0 nitrogen and oxygen atoms in total. The molecular weight excluding hydrogens is 336 g/mol. The van der Waals surface area contributed by atoms with E-state index in [9.17, 15) is 0 Å². The Balaban J connectivity index is 0.000000478. The third-order valence-electron chi connectivity index (χ3n) is 3.63. The van der Waals surface area contributed by atoms with Crippen molar-refractivity contribution >= 4 is 11.1 Å². The quantitative estimate of drug-likeness (QED) is 0.444. The molecule has 0 aliphatic carbocycles. The van der Waals surface area contributed by atoms with Gasteiger partial charge in [0.25, 0.3) is 0 Å². The van der Waals surface area contributed by atoms with Crippen LogP contribution in [0.1, 0.15) is 52.2 Å². The standard InChI is InChI=1S/C13H16.C13H14.C2H6/c2*1-3-8-12(9-4-2)13-10-6-5-7-11-13;1-2/h3,5-11H,4H2,1-2H3;3-11H,1H2,2H3;1-2H3/b8-3-,12-9+;9-4-,12-8+;. The van der Waals surface area contributed by atoms with Gasteiger partial charge in [0.05, 0.1) is 0 Å². The Morgan fingerprint density at radius 3 is 1.57 bits per heavy atom. The summed E-state index contributed by atoms with van der Waals surface area (Å²) in [6.45, 7) is 13.9. The van der Waals surface area contributed by atoms with Gasteiger partial charge in [-0.25, -0.2) is 0 Å². The highest BCUT2D eigenvalue weighted by atomic mass is 14.0. The van der Waals surface area contributed by atoms with E-state index in [4.69, 9.17) is 0 Å². The lowest BCUT2D eigenvalue weighted by atomic mass is 10.0. The van der Waals surface area contributed by atoms with Crippen molar-refractivity contribution in [3.05, 3.63) is 121 Å². The lowest BCUT2D eigenvalue weighted by Crippen LogP contribution is -1.79.